The van der Waals surface area contributed by atoms with Crippen LogP contribution >= 0.6 is 11.3 Å². The second-order valence-electron chi connectivity index (χ2n) is 19.0. The molecule has 0 unspecified atom stereocenters. The quantitative estimate of drug-likeness (QED) is 0.0979. The molecule has 0 atom stereocenters. The maximum absolute atomic E-state index is 14.8. The van der Waals surface area contributed by atoms with E-state index in [0.717, 1.165) is 97.1 Å². The Morgan fingerprint density at radius 3 is 2.11 bits per heavy atom. The molecule has 9 heteroatoms. The number of para-hydroxylation sites is 1. The molecule has 13 aromatic rings. The van der Waals surface area contributed by atoms with E-state index in [1.54, 1.807) is 23.6 Å². The van der Waals surface area contributed by atoms with Crippen molar-refractivity contribution in [3.8, 4) is 39.5 Å². The number of pyridine rings is 2. The van der Waals surface area contributed by atoms with Crippen LogP contribution < -0.4 is 4.40 Å². The van der Waals surface area contributed by atoms with Crippen LogP contribution in [0.5, 0.6) is 0 Å². The van der Waals surface area contributed by atoms with Crippen LogP contribution in [-0.4, -0.2) is 32.8 Å². The van der Waals surface area contributed by atoms with Crippen molar-refractivity contribution in [1.82, 2.24) is 19.5 Å². The molecule has 0 aliphatic heterocycles. The Morgan fingerprint density at radius 1 is 0.662 bits per heavy atom. The van der Waals surface area contributed by atoms with Gasteiger partial charge < -0.3 is 8.98 Å². The van der Waals surface area contributed by atoms with E-state index >= 15 is 0 Å². The number of imidazole rings is 1. The molecule has 8 aromatic carbocycles. The fraction of sp³-hybridized carbons (Fsp3) is 0.113. The van der Waals surface area contributed by atoms with Gasteiger partial charge in [-0.15, -0.1) is 18.2 Å². The van der Waals surface area contributed by atoms with E-state index in [1.165, 1.54) is 33.7 Å². The second-order valence-corrected chi connectivity index (χ2v) is 30.6. The van der Waals surface area contributed by atoms with Crippen LogP contribution in [0.4, 0.5) is 4.39 Å². The summed E-state index contributed by atoms with van der Waals surface area (Å²) in [5, 5.41) is 9.32. The standard InChI is InChI=1S/C41H26N3OS.C21H21FGeN.Ir/c1-22-21-33-27-13-8-9-18-34(27)45-38(33)24(3)36(22)44-37-29-15-7-5-12-26(29)25-11-4-6-14-28(25)35(37)43-40(44)32-17-10-16-30-31-20-19-23(2)42-41(31)46-39(30)32;1-15-12-21(24-14-20(15)23(2,3)4)18-11-10-17(13-19(18)22)16-8-6-5-7-9-16;/h4-16,18-21H,1-3H3;5-10,12-14H,1-4H3;/q2*-1;/i;1D3;. The average molecular weight is 1180 g/mol. The van der Waals surface area contributed by atoms with E-state index in [-0.39, 0.29) is 31.2 Å². The first-order valence-corrected chi connectivity index (χ1v) is 31.5. The third-order valence-electron chi connectivity index (χ3n) is 13.4. The van der Waals surface area contributed by atoms with E-state index in [0.29, 0.717) is 11.3 Å². The van der Waals surface area contributed by atoms with Gasteiger partial charge in [0.25, 0.3) is 0 Å². The van der Waals surface area contributed by atoms with Gasteiger partial charge in [0.15, 0.2) is 0 Å². The first kappa shape index (κ1) is 43.0. The first-order valence-electron chi connectivity index (χ1n) is 24.9. The van der Waals surface area contributed by atoms with Gasteiger partial charge in [0.2, 0.25) is 0 Å². The number of furan rings is 1. The second kappa shape index (κ2) is 18.1. The maximum atomic E-state index is 14.8. The summed E-state index contributed by atoms with van der Waals surface area (Å²) in [6.07, 6.45) is 1.62. The van der Waals surface area contributed by atoms with Gasteiger partial charge in [-0.05, 0) is 65.4 Å². The molecule has 0 saturated carbocycles. The van der Waals surface area contributed by atoms with Crippen molar-refractivity contribution in [2.75, 3.05) is 0 Å². The number of aromatic nitrogens is 4. The van der Waals surface area contributed by atoms with Crippen molar-refractivity contribution in [3.63, 3.8) is 0 Å². The summed E-state index contributed by atoms with van der Waals surface area (Å²) in [7, 11) is 0. The van der Waals surface area contributed by atoms with Gasteiger partial charge in [0, 0.05) is 58.6 Å². The van der Waals surface area contributed by atoms with Crippen molar-refractivity contribution < 1.29 is 33.0 Å². The molecule has 349 valence electrons. The summed E-state index contributed by atoms with van der Waals surface area (Å²) in [6, 6.07) is 57.1. The molecule has 5 heterocycles. The molecule has 1 radical (unpaired) electrons. The maximum Gasteiger partial charge on any atom is 0 e. The van der Waals surface area contributed by atoms with Crippen LogP contribution in [0, 0.1) is 45.6 Å². The molecular formula is C62H47FGeIrN4OS-2. The molecule has 0 spiro atoms. The van der Waals surface area contributed by atoms with Gasteiger partial charge in [-0.25, -0.2) is 4.98 Å². The molecule has 0 saturated heterocycles. The Bertz CT molecular complexity index is 4370. The molecule has 0 amide bonds. The molecule has 0 fully saturated rings. The summed E-state index contributed by atoms with van der Waals surface area (Å²) in [6.45, 7) is 4.18. The first-order chi connectivity index (χ1) is 35.1. The minimum absolute atomic E-state index is 0. The van der Waals surface area contributed by atoms with E-state index in [2.05, 4.69) is 138 Å². The third-order valence-corrected chi connectivity index (χ3v) is 18.8. The molecule has 0 N–H and O–H groups in total. The number of halogens is 1. The van der Waals surface area contributed by atoms with Crippen molar-refractivity contribution in [2.45, 2.75) is 44.9 Å². The zero-order valence-corrected chi connectivity index (χ0v) is 45.1. The number of thiophene rings is 1. The Hall–Kier alpha value is -6.81. The molecule has 0 bridgehead atoms. The predicted octanol–water partition coefficient (Wildman–Crippen LogP) is 16.6. The summed E-state index contributed by atoms with van der Waals surface area (Å²) in [5.41, 5.74) is 11.6. The smallest absolute Gasteiger partial charge is 0 e. The van der Waals surface area contributed by atoms with E-state index in [4.69, 9.17) is 18.5 Å². The van der Waals surface area contributed by atoms with Crippen LogP contribution in [0.3, 0.4) is 0 Å². The Labute approximate surface area is 436 Å². The number of hydrogen-bond donors (Lipinski definition) is 0. The number of rotatable bonds is 5. The SMILES string of the molecule is Cc1ccc2c(n1)sc1c(-c3nc4c5ccccc5c5ccccc5c4n3-c3c(C)cc4c(oc5ccccc54)c3C)[c-]ccc12.[2H]C([2H])([2H])c1cc(-c2[c-]cc(-c3ccccc3)cc2F)nc[c]1[Ge]([CH3])([CH3])[CH3].[Ir]. The van der Waals surface area contributed by atoms with Crippen LogP contribution in [-0.2, 0) is 20.1 Å². The van der Waals surface area contributed by atoms with Gasteiger partial charge in [-0.1, -0.05) is 83.7 Å². The minimum Gasteiger partial charge on any atom is 0 e. The van der Waals surface area contributed by atoms with Gasteiger partial charge >= 0.3 is 150 Å². The number of nitrogens with zero attached hydrogens (tertiary/aromatic N) is 4. The van der Waals surface area contributed by atoms with Crippen molar-refractivity contribution in [1.29, 1.82) is 0 Å². The van der Waals surface area contributed by atoms with Crippen LogP contribution in [0.25, 0.3) is 114 Å². The summed E-state index contributed by atoms with van der Waals surface area (Å²) in [4.78, 5) is 15.9. The molecule has 5 aromatic heterocycles. The summed E-state index contributed by atoms with van der Waals surface area (Å²) in [5.74, 6) is 6.76. The third kappa shape index (κ3) is 7.89. The van der Waals surface area contributed by atoms with E-state index in [9.17, 15) is 4.39 Å². The topological polar surface area (TPSA) is 56.7 Å². The fourth-order valence-electron chi connectivity index (χ4n) is 10.1. The van der Waals surface area contributed by atoms with E-state index < -0.39 is 25.9 Å². The number of aryl methyl sites for hydroxylation is 4. The molecule has 5 nitrogen and oxygen atoms in total. The molecule has 0 aliphatic carbocycles. The van der Waals surface area contributed by atoms with Crippen LogP contribution in [0.2, 0.25) is 17.3 Å². The summed E-state index contributed by atoms with van der Waals surface area (Å²) >= 11 is -0.720. The summed E-state index contributed by atoms with van der Waals surface area (Å²) < 4.78 is 49.3. The fourth-order valence-corrected chi connectivity index (χ4v) is 14.1. The largest absolute Gasteiger partial charge is 0 e. The van der Waals surface area contributed by atoms with Crippen LogP contribution in [0.1, 0.15) is 26.5 Å². The van der Waals surface area contributed by atoms with E-state index in [1.807, 2.05) is 55.5 Å². The van der Waals surface area contributed by atoms with Crippen LogP contribution in [0.15, 0.2) is 162 Å². The number of fused-ring (bicyclic) bond motifs is 12. The van der Waals surface area contributed by atoms with Gasteiger partial charge in [0.05, 0.1) is 16.9 Å². The Morgan fingerprint density at radius 2 is 1.37 bits per heavy atom. The number of benzene rings is 8. The minimum atomic E-state index is -2.44. The molecule has 13 rings (SSSR count). The van der Waals surface area contributed by atoms with Gasteiger partial charge in [0.1, 0.15) is 16.0 Å². The van der Waals surface area contributed by atoms with Crippen molar-refractivity contribution in [2.24, 2.45) is 0 Å². The molecule has 71 heavy (non-hydrogen) atoms. The number of hydrogen-bond acceptors (Lipinski definition) is 5. The van der Waals surface area contributed by atoms with Crippen molar-refractivity contribution in [3.05, 3.63) is 198 Å². The van der Waals surface area contributed by atoms with Gasteiger partial charge in [-0.2, -0.15) is 11.3 Å². The average Bonchev–Trinajstić information content (AvgIpc) is 4.08. The normalized spacial score (nSPS) is 12.6. The zero-order chi connectivity index (χ0) is 50.5. The molecule has 0 aliphatic rings. The zero-order valence-electron chi connectivity index (χ0n) is 42.8. The van der Waals surface area contributed by atoms with Gasteiger partial charge in [-0.3, -0.25) is 4.98 Å². The predicted molar refractivity (Wildman–Crippen MR) is 294 cm³/mol. The molecular weight excluding hydrogens is 1130 g/mol. The Kier molecular flexibility index (Phi) is 11.0. The monoisotopic (exact) mass is 1180 g/mol. The Balaban J connectivity index is 0.000000181. The van der Waals surface area contributed by atoms with Crippen molar-refractivity contribution >= 4 is 104 Å².